The number of benzene rings is 2. The van der Waals surface area contributed by atoms with Crippen molar-refractivity contribution >= 4 is 5.97 Å². The van der Waals surface area contributed by atoms with E-state index in [1.165, 1.54) is 38.5 Å². The van der Waals surface area contributed by atoms with E-state index in [0.717, 1.165) is 55.8 Å². The smallest absolute Gasteiger partial charge is 0.314 e. The first-order chi connectivity index (χ1) is 28.7. The normalized spacial score (nSPS) is 30.2. The summed E-state index contributed by atoms with van der Waals surface area (Å²) >= 11 is 0. The third kappa shape index (κ3) is 10.1. The second-order valence-corrected chi connectivity index (χ2v) is 18.6. The number of aliphatic hydroxyl groups is 2. The molecule has 3 aliphatic carbocycles. The summed E-state index contributed by atoms with van der Waals surface area (Å²) in [4.78, 5) is 15.5. The lowest BCUT2D eigenvalue weighted by Crippen LogP contribution is -2.64. The fourth-order valence-corrected chi connectivity index (χ4v) is 12.6. The van der Waals surface area contributed by atoms with Gasteiger partial charge in [0.2, 0.25) is 0 Å². The average molecular weight is 831 g/mol. The minimum atomic E-state index is -1.14. The topological polar surface area (TPSA) is 85.2 Å². The molecule has 338 valence electrons. The summed E-state index contributed by atoms with van der Waals surface area (Å²) in [6, 6.07) is 20.0. The summed E-state index contributed by atoms with van der Waals surface area (Å²) in [5.74, 6) is 7.57. The van der Waals surface area contributed by atoms with Crippen LogP contribution in [0.4, 0.5) is 0 Å². The summed E-state index contributed by atoms with van der Waals surface area (Å²) in [6.07, 6.45) is 10.7. The number of hydrogen-bond donors (Lipinski definition) is 2. The second kappa shape index (κ2) is 23.7. The fraction of sp³-hybridized carbons (Fsp3) is 0.722. The van der Waals surface area contributed by atoms with Gasteiger partial charge in [0, 0.05) is 30.0 Å². The van der Waals surface area contributed by atoms with E-state index in [0.29, 0.717) is 12.5 Å². The predicted octanol–water partition coefficient (Wildman–Crippen LogP) is 13.0. The van der Waals surface area contributed by atoms with E-state index in [9.17, 15) is 10.2 Å². The molecule has 0 bridgehead atoms. The molecule has 0 heterocycles. The van der Waals surface area contributed by atoms with Crippen molar-refractivity contribution in [1.82, 2.24) is 0 Å². The van der Waals surface area contributed by atoms with E-state index in [2.05, 4.69) is 67.2 Å². The Labute approximate surface area is 367 Å². The Balaban J connectivity index is 0.000000447. The van der Waals surface area contributed by atoms with Crippen LogP contribution in [0.2, 0.25) is 0 Å². The zero-order valence-corrected chi connectivity index (χ0v) is 40.2. The van der Waals surface area contributed by atoms with Crippen LogP contribution in [-0.4, -0.2) is 47.9 Å². The molecule has 5 rings (SSSR count). The molecular weight excluding hydrogens is 745 g/mol. The van der Waals surface area contributed by atoms with E-state index < -0.39 is 28.6 Å². The summed E-state index contributed by atoms with van der Waals surface area (Å²) in [6.45, 7) is 28.5. The number of carbonyl (C=O) groups excluding carboxylic acids is 1. The Kier molecular flexibility index (Phi) is 20.4. The van der Waals surface area contributed by atoms with E-state index >= 15 is 4.79 Å². The molecule has 2 aromatic rings. The van der Waals surface area contributed by atoms with Gasteiger partial charge in [-0.1, -0.05) is 188 Å². The number of rotatable bonds is 17. The molecule has 0 aromatic heterocycles. The molecule has 60 heavy (non-hydrogen) atoms. The number of carbonyl (C=O) groups is 1. The van der Waals surface area contributed by atoms with Crippen molar-refractivity contribution in [3.8, 4) is 11.8 Å². The first-order valence-corrected chi connectivity index (χ1v) is 24.1. The third-order valence-corrected chi connectivity index (χ3v) is 15.6. The van der Waals surface area contributed by atoms with Gasteiger partial charge in [-0.05, 0) is 79.7 Å². The van der Waals surface area contributed by atoms with Crippen LogP contribution in [0.3, 0.4) is 0 Å². The van der Waals surface area contributed by atoms with Crippen molar-refractivity contribution in [2.24, 2.45) is 51.2 Å². The Morgan fingerprint density at radius 3 is 1.83 bits per heavy atom. The first kappa shape index (κ1) is 51.7. The minimum Gasteiger partial charge on any atom is -0.452 e. The quantitative estimate of drug-likeness (QED) is 0.0938. The van der Waals surface area contributed by atoms with Crippen molar-refractivity contribution in [3.05, 3.63) is 71.8 Å². The minimum absolute atomic E-state index is 0.00291. The van der Waals surface area contributed by atoms with Crippen LogP contribution in [0.1, 0.15) is 178 Å². The van der Waals surface area contributed by atoms with Gasteiger partial charge in [0.25, 0.3) is 0 Å². The standard InChI is InChI=1S/C38H52O4.C14H28O2.C2H6/c1-10-20-31-35(7)25-27(11-2)30(12-3)36(8,33(39)41-13-4)38(26(5)6,37(31,35)9)34(40)42-32(28-21-16-14-17-22-28)29-23-18-15-19-24-29;1-3-13(15)14(4-2)16-11-10-12-8-6-5-7-9-12;1-2/h14-19,21-24,26-27,30-33,39H,11-13,25H2,1-9H3;12-15H,3-11H2,1-2H3;1-2H3. The highest BCUT2D eigenvalue weighted by atomic mass is 16.6. The number of esters is 1. The molecule has 0 spiro atoms. The Morgan fingerprint density at radius 2 is 1.38 bits per heavy atom. The van der Waals surface area contributed by atoms with E-state index in [1.54, 1.807) is 0 Å². The average Bonchev–Trinajstić information content (AvgIpc) is 3.75. The second-order valence-electron chi connectivity index (χ2n) is 18.6. The first-order valence-electron chi connectivity index (χ1n) is 24.1. The molecule has 3 saturated carbocycles. The van der Waals surface area contributed by atoms with Crippen LogP contribution in [0, 0.1) is 63.1 Å². The van der Waals surface area contributed by atoms with Crippen LogP contribution in [0.15, 0.2) is 60.7 Å². The van der Waals surface area contributed by atoms with E-state index in [-0.39, 0.29) is 41.3 Å². The van der Waals surface area contributed by atoms with Crippen LogP contribution < -0.4 is 0 Å². The monoisotopic (exact) mass is 831 g/mol. The Hall–Kier alpha value is -2.69. The molecule has 10 unspecified atom stereocenters. The van der Waals surface area contributed by atoms with Crippen molar-refractivity contribution in [3.63, 3.8) is 0 Å². The zero-order chi connectivity index (χ0) is 44.7. The largest absolute Gasteiger partial charge is 0.452 e. The SMILES string of the molecule is CC.CC#CC1C2(C)CC(CC)C(CC)C(C)(C(O)OCC)C(C(=O)OC(c3ccccc3)c3ccccc3)(C(C)C)C12C.CCC(O)C(CC)OCCC1CCCCC1. The number of ether oxygens (including phenoxy) is 3. The van der Waals surface area contributed by atoms with Crippen molar-refractivity contribution in [2.75, 3.05) is 13.2 Å². The number of hydrogen-bond acceptors (Lipinski definition) is 6. The molecule has 2 aromatic carbocycles. The molecule has 3 aliphatic rings. The fourth-order valence-electron chi connectivity index (χ4n) is 12.6. The summed E-state index contributed by atoms with van der Waals surface area (Å²) in [5.41, 5.74) is -0.946. The van der Waals surface area contributed by atoms with E-state index in [1.807, 2.05) is 95.3 Å². The lowest BCUT2D eigenvalue weighted by atomic mass is 9.45. The summed E-state index contributed by atoms with van der Waals surface area (Å²) in [7, 11) is 0. The molecule has 0 saturated heterocycles. The molecule has 0 aliphatic heterocycles. The van der Waals surface area contributed by atoms with Crippen molar-refractivity contribution in [1.29, 1.82) is 0 Å². The summed E-state index contributed by atoms with van der Waals surface area (Å²) < 4.78 is 18.8. The highest BCUT2D eigenvalue weighted by Crippen LogP contribution is 2.86. The zero-order valence-electron chi connectivity index (χ0n) is 40.2. The van der Waals surface area contributed by atoms with Gasteiger partial charge in [-0.2, -0.15) is 0 Å². The molecule has 0 amide bonds. The van der Waals surface area contributed by atoms with E-state index in [4.69, 9.17) is 14.2 Å². The molecule has 6 heteroatoms. The van der Waals surface area contributed by atoms with Gasteiger partial charge in [-0.3, -0.25) is 4.79 Å². The van der Waals surface area contributed by atoms with Gasteiger partial charge in [-0.25, -0.2) is 0 Å². The number of fused-ring (bicyclic) bond motifs is 1. The van der Waals surface area contributed by atoms with Crippen LogP contribution >= 0.6 is 0 Å². The summed E-state index contributed by atoms with van der Waals surface area (Å²) in [5, 5.41) is 21.9. The van der Waals surface area contributed by atoms with Crippen molar-refractivity contribution in [2.45, 2.75) is 185 Å². The maximum absolute atomic E-state index is 15.5. The van der Waals surface area contributed by atoms with Gasteiger partial charge in [-0.15, -0.1) is 5.92 Å². The molecular formula is C54H86O6. The van der Waals surface area contributed by atoms with Gasteiger partial charge in [0.1, 0.15) is 0 Å². The molecule has 3 fully saturated rings. The lowest BCUT2D eigenvalue weighted by molar-refractivity contribution is -0.265. The molecule has 10 atom stereocenters. The highest BCUT2D eigenvalue weighted by molar-refractivity contribution is 5.82. The lowest BCUT2D eigenvalue weighted by Gasteiger charge is -2.58. The molecule has 2 N–H and O–H groups in total. The molecule has 6 nitrogen and oxygen atoms in total. The van der Waals surface area contributed by atoms with Gasteiger partial charge in [0.05, 0.1) is 17.6 Å². The van der Waals surface area contributed by atoms with Crippen LogP contribution in [0.5, 0.6) is 0 Å². The Bertz CT molecular complexity index is 1550. The number of aliphatic hydroxyl groups excluding tert-OH is 2. The highest BCUT2D eigenvalue weighted by Gasteiger charge is 2.87. The van der Waals surface area contributed by atoms with Gasteiger partial charge in [0.15, 0.2) is 12.4 Å². The predicted molar refractivity (Wildman–Crippen MR) is 248 cm³/mol. The van der Waals surface area contributed by atoms with Crippen molar-refractivity contribution < 1.29 is 29.2 Å². The maximum Gasteiger partial charge on any atom is 0.314 e. The Morgan fingerprint density at radius 1 is 0.817 bits per heavy atom. The maximum atomic E-state index is 15.5. The third-order valence-electron chi connectivity index (χ3n) is 15.6. The van der Waals surface area contributed by atoms with Gasteiger partial charge >= 0.3 is 5.97 Å². The van der Waals surface area contributed by atoms with Crippen LogP contribution in [0.25, 0.3) is 0 Å². The molecule has 0 radical (unpaired) electrons. The van der Waals surface area contributed by atoms with Crippen LogP contribution in [-0.2, 0) is 19.0 Å². The van der Waals surface area contributed by atoms with Gasteiger partial charge < -0.3 is 24.4 Å².